The van der Waals surface area contributed by atoms with Crippen molar-refractivity contribution in [2.45, 2.75) is 20.3 Å². The van der Waals surface area contributed by atoms with E-state index in [1.807, 2.05) is 55.5 Å². The van der Waals surface area contributed by atoms with Gasteiger partial charge in [-0.05, 0) is 71.8 Å². The predicted molar refractivity (Wildman–Crippen MR) is 117 cm³/mol. The highest BCUT2D eigenvalue weighted by Crippen LogP contribution is 2.35. The first kappa shape index (κ1) is 19.4. The number of para-hydroxylation sites is 1. The van der Waals surface area contributed by atoms with Gasteiger partial charge in [-0.15, -0.1) is 0 Å². The molecular formula is C21H21IN2O3. The van der Waals surface area contributed by atoms with Crippen molar-refractivity contribution in [2.24, 2.45) is 5.10 Å². The van der Waals surface area contributed by atoms with Crippen LogP contribution in [-0.2, 0) is 4.79 Å². The number of hydrazone groups is 1. The van der Waals surface area contributed by atoms with Crippen molar-refractivity contribution >= 4 is 46.0 Å². The largest absolute Gasteiger partial charge is 0.493 e. The molecule has 0 aromatic heterocycles. The summed E-state index contributed by atoms with van der Waals surface area (Å²) in [4.78, 5) is 12.9. The normalized spacial score (nSPS) is 15.3. The monoisotopic (exact) mass is 476 g/mol. The van der Waals surface area contributed by atoms with E-state index in [0.29, 0.717) is 23.6 Å². The summed E-state index contributed by atoms with van der Waals surface area (Å²) in [5.74, 6) is 1.25. The molecule has 27 heavy (non-hydrogen) atoms. The topological polar surface area (TPSA) is 51.1 Å². The minimum atomic E-state index is -0.140. The number of hydrogen-bond donors (Lipinski definition) is 0. The molecule has 1 aliphatic heterocycles. The van der Waals surface area contributed by atoms with Crippen LogP contribution >= 0.6 is 22.6 Å². The Morgan fingerprint density at radius 1 is 1.22 bits per heavy atom. The van der Waals surface area contributed by atoms with Gasteiger partial charge in [0.2, 0.25) is 0 Å². The van der Waals surface area contributed by atoms with Gasteiger partial charge in [-0.3, -0.25) is 4.79 Å². The Kier molecular flexibility index (Phi) is 6.15. The molecule has 1 heterocycles. The number of benzene rings is 2. The lowest BCUT2D eigenvalue weighted by Crippen LogP contribution is -2.21. The van der Waals surface area contributed by atoms with Crippen molar-refractivity contribution in [3.05, 3.63) is 57.2 Å². The summed E-state index contributed by atoms with van der Waals surface area (Å²) in [6.45, 7) is 4.53. The minimum absolute atomic E-state index is 0.140. The van der Waals surface area contributed by atoms with E-state index >= 15 is 0 Å². The van der Waals surface area contributed by atoms with E-state index in [9.17, 15) is 4.79 Å². The molecular weight excluding hydrogens is 455 g/mol. The van der Waals surface area contributed by atoms with Gasteiger partial charge in [0.1, 0.15) is 0 Å². The zero-order chi connectivity index (χ0) is 19.4. The summed E-state index contributed by atoms with van der Waals surface area (Å²) in [5, 5.41) is 5.85. The summed E-state index contributed by atoms with van der Waals surface area (Å²) < 4.78 is 12.2. The van der Waals surface area contributed by atoms with Crippen molar-refractivity contribution in [1.82, 2.24) is 0 Å². The Morgan fingerprint density at radius 2 is 1.96 bits per heavy atom. The van der Waals surface area contributed by atoms with Crippen LogP contribution in [-0.4, -0.2) is 25.3 Å². The fraction of sp³-hybridized carbons (Fsp3) is 0.238. The van der Waals surface area contributed by atoms with E-state index in [4.69, 9.17) is 9.47 Å². The molecule has 0 saturated carbocycles. The van der Waals surface area contributed by atoms with Crippen LogP contribution in [0, 0.1) is 3.57 Å². The molecule has 3 rings (SSSR count). The maximum Gasteiger partial charge on any atom is 0.280 e. The van der Waals surface area contributed by atoms with E-state index in [1.54, 1.807) is 7.11 Å². The van der Waals surface area contributed by atoms with Crippen LogP contribution in [0.2, 0.25) is 0 Å². The highest BCUT2D eigenvalue weighted by Gasteiger charge is 2.28. The van der Waals surface area contributed by atoms with Crippen LogP contribution < -0.4 is 14.5 Å². The first-order chi connectivity index (χ1) is 13.0. The molecule has 0 bridgehead atoms. The van der Waals surface area contributed by atoms with Gasteiger partial charge < -0.3 is 9.47 Å². The summed E-state index contributed by atoms with van der Waals surface area (Å²) in [5.41, 5.74) is 2.87. The summed E-state index contributed by atoms with van der Waals surface area (Å²) in [6.07, 6.45) is 2.77. The van der Waals surface area contributed by atoms with Gasteiger partial charge in [-0.2, -0.15) is 10.1 Å². The van der Waals surface area contributed by atoms with Gasteiger partial charge in [-0.25, -0.2) is 0 Å². The Morgan fingerprint density at radius 3 is 2.63 bits per heavy atom. The van der Waals surface area contributed by atoms with Crippen LogP contribution in [0.5, 0.6) is 11.5 Å². The molecule has 2 aromatic carbocycles. The number of ether oxygens (including phenoxy) is 2. The maximum absolute atomic E-state index is 12.9. The first-order valence-corrected chi connectivity index (χ1v) is 9.80. The Bertz CT molecular complexity index is 907. The van der Waals surface area contributed by atoms with E-state index in [-0.39, 0.29) is 5.91 Å². The standard InChI is InChI=1S/C21H21IN2O3/c1-4-10-27-20-18(22)12-15(13-19(20)26-3)11-17-14(2)23-24(21(17)25)16-8-6-5-7-9-16/h5-9,11-13H,4,10H2,1-3H3/b17-11-. The molecule has 0 N–H and O–H groups in total. The average molecular weight is 476 g/mol. The number of amides is 1. The van der Waals surface area contributed by atoms with Gasteiger partial charge in [0.25, 0.3) is 5.91 Å². The van der Waals surface area contributed by atoms with Crippen molar-refractivity contribution in [1.29, 1.82) is 0 Å². The third-order valence-corrected chi connectivity index (χ3v) is 4.88. The first-order valence-electron chi connectivity index (χ1n) is 8.72. The molecule has 140 valence electrons. The van der Waals surface area contributed by atoms with Crippen LogP contribution in [0.1, 0.15) is 25.8 Å². The number of rotatable bonds is 6. The van der Waals surface area contributed by atoms with Crippen LogP contribution in [0.3, 0.4) is 0 Å². The molecule has 0 aliphatic carbocycles. The molecule has 1 aliphatic rings. The molecule has 1 amide bonds. The number of halogens is 1. The molecule has 5 nitrogen and oxygen atoms in total. The second-order valence-electron chi connectivity index (χ2n) is 6.08. The second-order valence-corrected chi connectivity index (χ2v) is 7.24. The lowest BCUT2D eigenvalue weighted by Gasteiger charge is -2.13. The number of carbonyl (C=O) groups is 1. The number of carbonyl (C=O) groups excluding carboxylic acids is 1. The SMILES string of the molecule is CCCOc1c(I)cc(/C=C2\C(=O)N(c3ccccc3)N=C2C)cc1OC. The van der Waals surface area contributed by atoms with E-state index in [1.165, 1.54) is 5.01 Å². The summed E-state index contributed by atoms with van der Waals surface area (Å²) in [6, 6.07) is 13.3. The van der Waals surface area contributed by atoms with Gasteiger partial charge in [-0.1, -0.05) is 25.1 Å². The summed E-state index contributed by atoms with van der Waals surface area (Å²) in [7, 11) is 1.62. The van der Waals surface area contributed by atoms with Crippen LogP contribution in [0.15, 0.2) is 53.1 Å². The van der Waals surface area contributed by atoms with E-state index < -0.39 is 0 Å². The fourth-order valence-corrected chi connectivity index (χ4v) is 3.54. The van der Waals surface area contributed by atoms with Gasteiger partial charge >= 0.3 is 0 Å². The number of hydrogen-bond acceptors (Lipinski definition) is 4. The molecule has 6 heteroatoms. The van der Waals surface area contributed by atoms with E-state index in [0.717, 1.165) is 27.0 Å². The lowest BCUT2D eigenvalue weighted by atomic mass is 10.1. The number of methoxy groups -OCH3 is 1. The lowest BCUT2D eigenvalue weighted by molar-refractivity contribution is -0.114. The maximum atomic E-state index is 12.9. The van der Waals surface area contributed by atoms with Crippen molar-refractivity contribution in [2.75, 3.05) is 18.7 Å². The van der Waals surface area contributed by atoms with E-state index in [2.05, 4.69) is 34.6 Å². The molecule has 0 atom stereocenters. The third kappa shape index (κ3) is 4.16. The van der Waals surface area contributed by atoms with Crippen molar-refractivity contribution in [3.8, 4) is 11.5 Å². The Labute approximate surface area is 172 Å². The third-order valence-electron chi connectivity index (χ3n) is 4.08. The highest BCUT2D eigenvalue weighted by molar-refractivity contribution is 14.1. The van der Waals surface area contributed by atoms with Crippen molar-refractivity contribution < 1.29 is 14.3 Å². The molecule has 0 radical (unpaired) electrons. The van der Waals surface area contributed by atoms with Gasteiger partial charge in [0.05, 0.1) is 34.3 Å². The molecule has 0 saturated heterocycles. The quantitative estimate of drug-likeness (QED) is 0.441. The number of nitrogens with zero attached hydrogens (tertiary/aromatic N) is 2. The molecule has 2 aromatic rings. The fourth-order valence-electron chi connectivity index (χ4n) is 2.76. The summed E-state index contributed by atoms with van der Waals surface area (Å²) >= 11 is 2.23. The van der Waals surface area contributed by atoms with Crippen molar-refractivity contribution in [3.63, 3.8) is 0 Å². The number of anilines is 1. The molecule has 0 unspecified atom stereocenters. The molecule has 0 fully saturated rings. The van der Waals surface area contributed by atoms with Crippen LogP contribution in [0.25, 0.3) is 6.08 Å². The Balaban J connectivity index is 1.94. The molecule has 0 spiro atoms. The highest BCUT2D eigenvalue weighted by atomic mass is 127. The average Bonchev–Trinajstić information content (AvgIpc) is 2.95. The zero-order valence-electron chi connectivity index (χ0n) is 15.5. The van der Waals surface area contributed by atoms with Crippen LogP contribution in [0.4, 0.5) is 5.69 Å². The minimum Gasteiger partial charge on any atom is -0.493 e. The van der Waals surface area contributed by atoms with Gasteiger partial charge in [0, 0.05) is 0 Å². The zero-order valence-corrected chi connectivity index (χ0v) is 17.7. The second kappa shape index (κ2) is 8.56. The predicted octanol–water partition coefficient (Wildman–Crippen LogP) is 4.89. The Hall–Kier alpha value is -2.35. The smallest absolute Gasteiger partial charge is 0.280 e. The van der Waals surface area contributed by atoms with Gasteiger partial charge in [0.15, 0.2) is 11.5 Å².